The van der Waals surface area contributed by atoms with E-state index in [0.29, 0.717) is 43.6 Å². The van der Waals surface area contributed by atoms with Gasteiger partial charge in [-0.05, 0) is 65.0 Å². The second-order valence-electron chi connectivity index (χ2n) is 7.03. The van der Waals surface area contributed by atoms with Crippen molar-refractivity contribution < 1.29 is 9.72 Å². The zero-order valence-corrected chi connectivity index (χ0v) is 19.3. The number of unbranched alkanes of at least 4 members (excludes halogenated alkanes) is 1. The van der Waals surface area contributed by atoms with Gasteiger partial charge >= 0.3 is 0 Å². The van der Waals surface area contributed by atoms with Crippen molar-refractivity contribution in [1.82, 2.24) is 14.9 Å². The van der Waals surface area contributed by atoms with Crippen LogP contribution in [0.3, 0.4) is 0 Å². The fourth-order valence-electron chi connectivity index (χ4n) is 3.19. The van der Waals surface area contributed by atoms with E-state index in [0.717, 1.165) is 15.7 Å². The first-order valence-electron chi connectivity index (χ1n) is 9.81. The number of rotatable bonds is 9. The van der Waals surface area contributed by atoms with Crippen molar-refractivity contribution in [3.63, 3.8) is 0 Å². The molecule has 0 bridgehead atoms. The van der Waals surface area contributed by atoms with Crippen molar-refractivity contribution in [1.29, 1.82) is 5.26 Å². The van der Waals surface area contributed by atoms with Crippen LogP contribution in [0.5, 0.6) is 0 Å². The van der Waals surface area contributed by atoms with Gasteiger partial charge in [0.05, 0.1) is 4.92 Å². The molecule has 3 rings (SSSR count). The van der Waals surface area contributed by atoms with Gasteiger partial charge in [-0.1, -0.05) is 23.7 Å². The van der Waals surface area contributed by atoms with Crippen LogP contribution in [0.4, 0.5) is 5.69 Å². The Morgan fingerprint density at radius 2 is 2.00 bits per heavy atom. The van der Waals surface area contributed by atoms with Gasteiger partial charge in [-0.15, -0.1) is 0 Å². The number of nitro groups is 1. The Morgan fingerprint density at radius 3 is 2.69 bits per heavy atom. The first kappa shape index (κ1) is 23.4. The minimum absolute atomic E-state index is 0.0588. The number of benzene rings is 1. The van der Waals surface area contributed by atoms with Crippen LogP contribution in [0, 0.1) is 21.4 Å². The average Bonchev–Trinajstić information content (AvgIpc) is 3.16. The molecule has 32 heavy (non-hydrogen) atoms. The van der Waals surface area contributed by atoms with Gasteiger partial charge in [-0.3, -0.25) is 14.9 Å². The molecule has 2 aromatic heterocycles. The molecule has 1 amide bonds. The smallest absolute Gasteiger partial charge is 0.290 e. The summed E-state index contributed by atoms with van der Waals surface area (Å²) in [6.07, 6.45) is 3.68. The molecule has 1 aromatic carbocycles. The van der Waals surface area contributed by atoms with Crippen molar-refractivity contribution in [2.24, 2.45) is 0 Å². The molecule has 8 nitrogen and oxygen atoms in total. The number of hydrogen-bond acceptors (Lipinski definition) is 5. The number of carbonyl (C=O) groups excluding carboxylic acids is 1. The van der Waals surface area contributed by atoms with Gasteiger partial charge in [0.2, 0.25) is 5.91 Å². The topological polar surface area (TPSA) is 114 Å². The second kappa shape index (κ2) is 10.9. The van der Waals surface area contributed by atoms with E-state index < -0.39 is 4.92 Å². The summed E-state index contributed by atoms with van der Waals surface area (Å²) in [5, 5.41) is 23.4. The number of aryl methyl sites for hydroxylation is 1. The maximum absolute atomic E-state index is 12.1. The van der Waals surface area contributed by atoms with E-state index in [1.54, 1.807) is 10.6 Å². The highest BCUT2D eigenvalue weighted by atomic mass is 79.9. The summed E-state index contributed by atoms with van der Waals surface area (Å²) in [5.74, 6) is -0.0938. The quantitative estimate of drug-likeness (QED) is 0.184. The molecule has 0 spiro atoms. The van der Waals surface area contributed by atoms with E-state index in [9.17, 15) is 20.2 Å². The fraction of sp³-hybridized carbons (Fsp3) is 0.227. The summed E-state index contributed by atoms with van der Waals surface area (Å²) in [6, 6.07) is 14.2. The highest BCUT2D eigenvalue weighted by Crippen LogP contribution is 2.22. The van der Waals surface area contributed by atoms with E-state index >= 15 is 0 Å². The van der Waals surface area contributed by atoms with Crippen LogP contribution in [-0.4, -0.2) is 20.4 Å². The molecule has 0 aliphatic rings. The molecule has 10 heteroatoms. The molecular formula is C22H19BrClN5O3. The lowest BCUT2D eigenvalue weighted by atomic mass is 10.1. The molecule has 0 aliphatic heterocycles. The number of halogens is 2. The molecule has 1 N–H and O–H groups in total. The third kappa shape index (κ3) is 6.15. The summed E-state index contributed by atoms with van der Waals surface area (Å²) in [6.45, 7) is 0.390. The predicted molar refractivity (Wildman–Crippen MR) is 123 cm³/mol. The first-order valence-corrected chi connectivity index (χ1v) is 11.0. The standard InChI is InChI=1S/C22H19BrClN5O3/c23-16-11-18(12-25)28(14-16)17-7-5-15(6-8-17)13-26-22(30)4-2-1-3-19-20(29(31)32)9-10-21(24)27-19/h5-11,14H,1-4,13H2,(H,26,30). The molecule has 0 fully saturated rings. The Kier molecular flexibility index (Phi) is 7.98. The summed E-state index contributed by atoms with van der Waals surface area (Å²) < 4.78 is 2.61. The number of nitriles is 1. The maximum Gasteiger partial charge on any atom is 0.290 e. The van der Waals surface area contributed by atoms with Gasteiger partial charge in [0.25, 0.3) is 5.69 Å². The molecule has 0 radical (unpaired) electrons. The highest BCUT2D eigenvalue weighted by Gasteiger charge is 2.15. The van der Waals surface area contributed by atoms with Crippen LogP contribution in [0.1, 0.15) is 36.2 Å². The van der Waals surface area contributed by atoms with Crippen LogP contribution in [0.2, 0.25) is 5.15 Å². The number of nitrogens with zero attached hydrogens (tertiary/aromatic N) is 4. The van der Waals surface area contributed by atoms with E-state index in [1.165, 1.54) is 12.1 Å². The molecule has 2 heterocycles. The summed E-state index contributed by atoms with van der Waals surface area (Å²) in [5.41, 5.74) is 2.58. The lowest BCUT2D eigenvalue weighted by molar-refractivity contribution is -0.385. The SMILES string of the molecule is N#Cc1cc(Br)cn1-c1ccc(CNC(=O)CCCCc2nc(Cl)ccc2[N+](=O)[O-])cc1. The van der Waals surface area contributed by atoms with E-state index in [1.807, 2.05) is 30.5 Å². The molecular weight excluding hydrogens is 498 g/mol. The van der Waals surface area contributed by atoms with Gasteiger partial charge < -0.3 is 9.88 Å². The zero-order valence-electron chi connectivity index (χ0n) is 16.9. The summed E-state index contributed by atoms with van der Waals surface area (Å²) in [7, 11) is 0. The van der Waals surface area contributed by atoms with Crippen LogP contribution in [-0.2, 0) is 17.8 Å². The monoisotopic (exact) mass is 515 g/mol. The molecule has 0 saturated carbocycles. The van der Waals surface area contributed by atoms with Gasteiger partial charge in [0.1, 0.15) is 22.6 Å². The van der Waals surface area contributed by atoms with Crippen molar-refractivity contribution in [3.8, 4) is 11.8 Å². The second-order valence-corrected chi connectivity index (χ2v) is 8.34. The highest BCUT2D eigenvalue weighted by molar-refractivity contribution is 9.10. The third-order valence-electron chi connectivity index (χ3n) is 4.79. The number of carbonyl (C=O) groups is 1. The van der Waals surface area contributed by atoms with Crippen molar-refractivity contribution in [2.75, 3.05) is 0 Å². The van der Waals surface area contributed by atoms with Gasteiger partial charge in [-0.25, -0.2) is 4.98 Å². The van der Waals surface area contributed by atoms with Gasteiger partial charge in [0.15, 0.2) is 0 Å². The summed E-state index contributed by atoms with van der Waals surface area (Å²) >= 11 is 9.20. The van der Waals surface area contributed by atoms with E-state index in [4.69, 9.17) is 11.6 Å². The fourth-order valence-corrected chi connectivity index (χ4v) is 3.78. The average molecular weight is 517 g/mol. The maximum atomic E-state index is 12.1. The number of nitrogens with one attached hydrogen (secondary N) is 1. The normalized spacial score (nSPS) is 10.5. The molecule has 0 unspecified atom stereocenters. The number of aromatic nitrogens is 2. The van der Waals surface area contributed by atoms with Crippen molar-refractivity contribution >= 4 is 39.1 Å². The zero-order chi connectivity index (χ0) is 23.1. The molecule has 0 atom stereocenters. The van der Waals surface area contributed by atoms with E-state index in [-0.39, 0.29) is 16.7 Å². The summed E-state index contributed by atoms with van der Waals surface area (Å²) in [4.78, 5) is 26.7. The Balaban J connectivity index is 1.45. The molecule has 3 aromatic rings. The van der Waals surface area contributed by atoms with Gasteiger partial charge in [-0.2, -0.15) is 5.26 Å². The van der Waals surface area contributed by atoms with Crippen LogP contribution >= 0.6 is 27.5 Å². The van der Waals surface area contributed by atoms with Crippen LogP contribution in [0.25, 0.3) is 5.69 Å². The molecule has 0 aliphatic carbocycles. The number of pyridine rings is 1. The van der Waals surface area contributed by atoms with Crippen molar-refractivity contribution in [3.05, 3.63) is 85.4 Å². The van der Waals surface area contributed by atoms with Crippen molar-refractivity contribution in [2.45, 2.75) is 32.2 Å². The Bertz CT molecular complexity index is 1170. The Hall–Kier alpha value is -3.22. The Labute approximate surface area is 198 Å². The predicted octanol–water partition coefficient (Wildman–Crippen LogP) is 5.10. The lowest BCUT2D eigenvalue weighted by Crippen LogP contribution is -2.22. The Morgan fingerprint density at radius 1 is 1.25 bits per heavy atom. The first-order chi connectivity index (χ1) is 15.4. The third-order valence-corrected chi connectivity index (χ3v) is 5.43. The molecule has 164 valence electrons. The minimum Gasteiger partial charge on any atom is -0.352 e. The largest absolute Gasteiger partial charge is 0.352 e. The number of amides is 1. The van der Waals surface area contributed by atoms with Crippen LogP contribution < -0.4 is 5.32 Å². The lowest BCUT2D eigenvalue weighted by Gasteiger charge is -2.08. The molecule has 0 saturated heterocycles. The van der Waals surface area contributed by atoms with E-state index in [2.05, 4.69) is 32.3 Å². The number of hydrogen-bond donors (Lipinski definition) is 1. The van der Waals surface area contributed by atoms with Gasteiger partial charge in [0, 0.05) is 35.4 Å². The minimum atomic E-state index is -0.479. The van der Waals surface area contributed by atoms with Crippen LogP contribution in [0.15, 0.2) is 53.1 Å².